The van der Waals surface area contributed by atoms with Gasteiger partial charge in [-0.15, -0.1) is 4.99 Å². The number of nitrogens with zero attached hydrogens (tertiary/aromatic N) is 3. The van der Waals surface area contributed by atoms with Gasteiger partial charge in [-0.05, 0) is 39.0 Å². The summed E-state index contributed by atoms with van der Waals surface area (Å²) >= 11 is 0. The van der Waals surface area contributed by atoms with E-state index in [2.05, 4.69) is 23.7 Å². The van der Waals surface area contributed by atoms with Gasteiger partial charge in [-0.1, -0.05) is 0 Å². The fraction of sp³-hybridized carbons (Fsp3) is 0.353. The zero-order valence-corrected chi connectivity index (χ0v) is 13.5. The number of benzene rings is 1. The Kier molecular flexibility index (Phi) is 5.36. The van der Waals surface area contributed by atoms with Gasteiger partial charge in [0.1, 0.15) is 17.2 Å². The van der Waals surface area contributed by atoms with Gasteiger partial charge in [-0.2, -0.15) is 5.26 Å². The van der Waals surface area contributed by atoms with Crippen LogP contribution in [0, 0.1) is 11.3 Å². The van der Waals surface area contributed by atoms with Crippen LogP contribution in [0.25, 0.3) is 11.0 Å². The third-order valence-electron chi connectivity index (χ3n) is 3.44. The Labute approximate surface area is 134 Å². The van der Waals surface area contributed by atoms with Crippen LogP contribution in [-0.2, 0) is 4.74 Å². The highest BCUT2D eigenvalue weighted by atomic mass is 16.5. The normalized spacial score (nSPS) is 11.3. The van der Waals surface area contributed by atoms with Crippen molar-refractivity contribution in [3.05, 3.63) is 35.4 Å². The van der Waals surface area contributed by atoms with Crippen LogP contribution in [0.1, 0.15) is 26.3 Å². The number of fused-ring (bicyclic) bond motifs is 1. The summed E-state index contributed by atoms with van der Waals surface area (Å²) in [5, 5.41) is 9.99. The van der Waals surface area contributed by atoms with Gasteiger partial charge in [-0.25, -0.2) is 4.79 Å². The summed E-state index contributed by atoms with van der Waals surface area (Å²) in [6.07, 6.45) is -0.771. The Bertz CT molecular complexity index is 814. The van der Waals surface area contributed by atoms with Crippen LogP contribution in [0.3, 0.4) is 0 Å². The molecule has 6 heteroatoms. The van der Waals surface area contributed by atoms with Crippen LogP contribution >= 0.6 is 0 Å². The summed E-state index contributed by atoms with van der Waals surface area (Å²) in [6, 6.07) is 9.40. The van der Waals surface area contributed by atoms with E-state index in [1.807, 2.05) is 24.3 Å². The van der Waals surface area contributed by atoms with E-state index in [1.54, 1.807) is 13.0 Å². The van der Waals surface area contributed by atoms with E-state index in [4.69, 9.17) is 9.15 Å². The first-order valence-corrected chi connectivity index (χ1v) is 7.57. The molecule has 23 heavy (non-hydrogen) atoms. The first-order valence-electron chi connectivity index (χ1n) is 7.57. The van der Waals surface area contributed by atoms with E-state index >= 15 is 0 Å². The van der Waals surface area contributed by atoms with Crippen molar-refractivity contribution in [1.82, 2.24) is 0 Å². The van der Waals surface area contributed by atoms with Crippen molar-refractivity contribution in [2.24, 2.45) is 4.99 Å². The molecule has 0 saturated carbocycles. The number of nitriles is 1. The molecule has 0 unspecified atom stereocenters. The molecule has 2 rings (SSSR count). The molecule has 1 amide bonds. The minimum atomic E-state index is -0.771. The SMILES string of the molecule is CCOC(=O)/N=c1\oc2cc(N(CC)CC)ccc2cc1C#N. The lowest BCUT2D eigenvalue weighted by Crippen LogP contribution is -2.21. The van der Waals surface area contributed by atoms with Crippen LogP contribution in [0.5, 0.6) is 0 Å². The average Bonchev–Trinajstić information content (AvgIpc) is 2.55. The Balaban J connectivity index is 2.60. The number of ether oxygens (including phenoxy) is 1. The van der Waals surface area contributed by atoms with Crippen LogP contribution in [0.4, 0.5) is 10.5 Å². The van der Waals surface area contributed by atoms with Crippen LogP contribution in [0.15, 0.2) is 33.7 Å². The smallest absolute Gasteiger partial charge is 0.436 e. The lowest BCUT2D eigenvalue weighted by atomic mass is 10.1. The van der Waals surface area contributed by atoms with Crippen LogP contribution in [0.2, 0.25) is 0 Å². The molecule has 0 saturated heterocycles. The molecule has 0 aliphatic rings. The van der Waals surface area contributed by atoms with Crippen molar-refractivity contribution < 1.29 is 13.9 Å². The molecule has 0 aliphatic heterocycles. The number of hydrogen-bond donors (Lipinski definition) is 0. The molecular weight excluding hydrogens is 294 g/mol. The van der Waals surface area contributed by atoms with Crippen molar-refractivity contribution in [1.29, 1.82) is 5.26 Å². The number of anilines is 1. The second-order valence-corrected chi connectivity index (χ2v) is 4.78. The summed E-state index contributed by atoms with van der Waals surface area (Å²) < 4.78 is 10.4. The molecule has 1 aromatic heterocycles. The van der Waals surface area contributed by atoms with Gasteiger partial charge < -0.3 is 14.1 Å². The topological polar surface area (TPSA) is 78.8 Å². The first kappa shape index (κ1) is 16.6. The molecule has 0 fully saturated rings. The van der Waals surface area contributed by atoms with Gasteiger partial charge >= 0.3 is 6.09 Å². The standard InChI is InChI=1S/C17H19N3O3/c1-4-20(5-2)14-8-7-12-9-13(11-18)16(23-15(12)10-14)19-17(21)22-6-3/h7-10H,4-6H2,1-3H3/b19-16-. The summed E-state index contributed by atoms with van der Waals surface area (Å²) in [6.45, 7) is 7.80. The maximum atomic E-state index is 11.5. The highest BCUT2D eigenvalue weighted by molar-refractivity contribution is 5.81. The van der Waals surface area contributed by atoms with Crippen LogP contribution < -0.4 is 10.5 Å². The van der Waals surface area contributed by atoms with Crippen molar-refractivity contribution in [3.63, 3.8) is 0 Å². The number of amides is 1. The molecule has 1 heterocycles. The third-order valence-corrected chi connectivity index (χ3v) is 3.44. The van der Waals surface area contributed by atoms with Crippen molar-refractivity contribution in [2.75, 3.05) is 24.6 Å². The molecule has 0 spiro atoms. The molecule has 6 nitrogen and oxygen atoms in total. The van der Waals surface area contributed by atoms with Gasteiger partial charge in [0.15, 0.2) is 0 Å². The van der Waals surface area contributed by atoms with E-state index < -0.39 is 6.09 Å². The van der Waals surface area contributed by atoms with Gasteiger partial charge in [-0.3, -0.25) is 0 Å². The second-order valence-electron chi connectivity index (χ2n) is 4.78. The van der Waals surface area contributed by atoms with Gasteiger partial charge in [0.2, 0.25) is 5.55 Å². The predicted octanol–water partition coefficient (Wildman–Crippen LogP) is 3.21. The Hall–Kier alpha value is -2.81. The number of carbonyl (C=O) groups is 1. The Morgan fingerprint density at radius 1 is 1.30 bits per heavy atom. The molecule has 120 valence electrons. The Morgan fingerprint density at radius 3 is 2.65 bits per heavy atom. The van der Waals surface area contributed by atoms with Crippen molar-refractivity contribution in [2.45, 2.75) is 20.8 Å². The number of hydrogen-bond acceptors (Lipinski definition) is 5. The quantitative estimate of drug-likeness (QED) is 0.866. The maximum absolute atomic E-state index is 11.5. The van der Waals surface area contributed by atoms with Gasteiger partial charge in [0.25, 0.3) is 0 Å². The minimum Gasteiger partial charge on any atom is -0.448 e. The first-order chi connectivity index (χ1) is 11.1. The molecule has 1 aromatic carbocycles. The van der Waals surface area contributed by atoms with E-state index in [0.29, 0.717) is 5.58 Å². The fourth-order valence-electron chi connectivity index (χ4n) is 2.29. The predicted molar refractivity (Wildman–Crippen MR) is 87.1 cm³/mol. The summed E-state index contributed by atoms with van der Waals surface area (Å²) in [4.78, 5) is 17.4. The molecule has 0 aliphatic carbocycles. The monoisotopic (exact) mass is 313 g/mol. The zero-order valence-electron chi connectivity index (χ0n) is 13.5. The lowest BCUT2D eigenvalue weighted by molar-refractivity contribution is 0.161. The molecule has 0 N–H and O–H groups in total. The number of carbonyl (C=O) groups excluding carboxylic acids is 1. The van der Waals surface area contributed by atoms with Crippen LogP contribution in [-0.4, -0.2) is 25.8 Å². The molecule has 2 aromatic rings. The number of rotatable bonds is 4. The molecule has 0 radical (unpaired) electrons. The largest absolute Gasteiger partial charge is 0.448 e. The molecular formula is C17H19N3O3. The molecule has 0 bridgehead atoms. The van der Waals surface area contributed by atoms with E-state index in [9.17, 15) is 10.1 Å². The van der Waals surface area contributed by atoms with E-state index in [-0.39, 0.29) is 17.7 Å². The Morgan fingerprint density at radius 2 is 2.04 bits per heavy atom. The van der Waals surface area contributed by atoms with Gasteiger partial charge in [0, 0.05) is 30.2 Å². The minimum absolute atomic E-state index is 0.0323. The average molecular weight is 313 g/mol. The van der Waals surface area contributed by atoms with Crippen molar-refractivity contribution in [3.8, 4) is 6.07 Å². The fourth-order valence-corrected chi connectivity index (χ4v) is 2.29. The highest BCUT2D eigenvalue weighted by Crippen LogP contribution is 2.21. The van der Waals surface area contributed by atoms with E-state index in [1.165, 1.54) is 0 Å². The molecule has 0 atom stereocenters. The second kappa shape index (κ2) is 7.45. The third kappa shape index (κ3) is 3.69. The summed E-state index contributed by atoms with van der Waals surface area (Å²) in [5.41, 5.74) is 1.74. The van der Waals surface area contributed by atoms with Crippen molar-refractivity contribution >= 4 is 22.7 Å². The van der Waals surface area contributed by atoms with Gasteiger partial charge in [0.05, 0.1) is 6.61 Å². The maximum Gasteiger partial charge on any atom is 0.436 e. The summed E-state index contributed by atoms with van der Waals surface area (Å²) in [5.74, 6) is 0. The summed E-state index contributed by atoms with van der Waals surface area (Å²) in [7, 11) is 0. The highest BCUT2D eigenvalue weighted by Gasteiger charge is 2.09. The van der Waals surface area contributed by atoms with E-state index in [0.717, 1.165) is 24.2 Å². The zero-order chi connectivity index (χ0) is 16.8. The lowest BCUT2D eigenvalue weighted by Gasteiger charge is -2.20.